The lowest BCUT2D eigenvalue weighted by molar-refractivity contribution is -0.385. The molecule has 0 aliphatic carbocycles. The van der Waals surface area contributed by atoms with Crippen molar-refractivity contribution in [2.75, 3.05) is 18.9 Å². The molecule has 1 N–H and O–H groups in total. The monoisotopic (exact) mass is 568 g/mol. The molecular formula is C29H24N6O3S2. The van der Waals surface area contributed by atoms with Crippen LogP contribution in [0.5, 0.6) is 0 Å². The van der Waals surface area contributed by atoms with Gasteiger partial charge in [0.1, 0.15) is 4.91 Å². The zero-order chi connectivity index (χ0) is 28.2. The van der Waals surface area contributed by atoms with Gasteiger partial charge in [0, 0.05) is 25.1 Å². The fraction of sp³-hybridized carbons (Fsp3) is 0.138. The van der Waals surface area contributed by atoms with E-state index in [2.05, 4.69) is 11.4 Å². The third-order valence-electron chi connectivity index (χ3n) is 6.28. The molecule has 0 spiro atoms. The van der Waals surface area contributed by atoms with Crippen LogP contribution in [-0.4, -0.2) is 39.4 Å². The van der Waals surface area contributed by atoms with Gasteiger partial charge in [0.25, 0.3) is 11.6 Å². The number of hydrogen-bond donors (Lipinski definition) is 1. The summed E-state index contributed by atoms with van der Waals surface area (Å²) in [6.45, 7) is 2.96. The molecule has 11 heteroatoms. The van der Waals surface area contributed by atoms with Gasteiger partial charge in [0.15, 0.2) is 5.17 Å². The lowest BCUT2D eigenvalue weighted by atomic mass is 10.1. The molecule has 1 amide bonds. The Morgan fingerprint density at radius 3 is 2.58 bits per heavy atom. The van der Waals surface area contributed by atoms with Crippen LogP contribution in [0.25, 0.3) is 5.70 Å². The largest absolute Gasteiger partial charge is 0.384 e. The number of carbonyl (C=O) groups excluding carboxylic acids is 1. The Hall–Kier alpha value is -4.53. The molecule has 0 saturated carbocycles. The molecule has 5 rings (SSSR count). The number of benzene rings is 3. The number of carbonyl (C=O) groups is 1. The third-order valence-corrected chi connectivity index (χ3v) is 8.51. The Labute approximate surface area is 240 Å². The summed E-state index contributed by atoms with van der Waals surface area (Å²) in [6.07, 6.45) is 0. The highest BCUT2D eigenvalue weighted by molar-refractivity contribution is 8.19. The minimum atomic E-state index is -0.404. The molecular weight excluding hydrogens is 544 g/mol. The van der Waals surface area contributed by atoms with Crippen molar-refractivity contribution in [2.24, 2.45) is 4.99 Å². The number of amides is 1. The van der Waals surface area contributed by atoms with Gasteiger partial charge in [0.2, 0.25) is 0 Å². The molecule has 9 nitrogen and oxygen atoms in total. The van der Waals surface area contributed by atoms with E-state index < -0.39 is 4.92 Å². The van der Waals surface area contributed by atoms with Gasteiger partial charge in [-0.1, -0.05) is 54.2 Å². The molecule has 2 aliphatic rings. The van der Waals surface area contributed by atoms with Gasteiger partial charge in [-0.2, -0.15) is 5.26 Å². The number of anilines is 1. The smallest absolute Gasteiger partial charge is 0.278 e. The maximum Gasteiger partial charge on any atom is 0.278 e. The van der Waals surface area contributed by atoms with Crippen LogP contribution >= 0.6 is 23.5 Å². The Morgan fingerprint density at radius 1 is 1.10 bits per heavy atom. The maximum atomic E-state index is 13.9. The van der Waals surface area contributed by atoms with E-state index in [0.717, 1.165) is 11.3 Å². The van der Waals surface area contributed by atoms with E-state index in [-0.39, 0.29) is 11.6 Å². The minimum Gasteiger partial charge on any atom is -0.384 e. The van der Waals surface area contributed by atoms with Crippen LogP contribution in [0.1, 0.15) is 23.6 Å². The second-order valence-corrected chi connectivity index (χ2v) is 10.7. The van der Waals surface area contributed by atoms with Crippen molar-refractivity contribution in [3.63, 3.8) is 0 Å². The fourth-order valence-corrected chi connectivity index (χ4v) is 6.57. The molecule has 0 bridgehead atoms. The van der Waals surface area contributed by atoms with E-state index in [1.165, 1.54) is 29.6 Å². The van der Waals surface area contributed by atoms with Crippen LogP contribution in [0.15, 0.2) is 93.1 Å². The molecule has 40 heavy (non-hydrogen) atoms. The van der Waals surface area contributed by atoms with Gasteiger partial charge >= 0.3 is 0 Å². The Balaban J connectivity index is 1.56. The average Bonchev–Trinajstić information content (AvgIpc) is 3.49. The number of nitro groups is 1. The second kappa shape index (κ2) is 11.7. The van der Waals surface area contributed by atoms with Gasteiger partial charge in [-0.05, 0) is 48.5 Å². The van der Waals surface area contributed by atoms with Crippen molar-refractivity contribution in [3.05, 3.63) is 115 Å². The molecule has 3 aromatic carbocycles. The van der Waals surface area contributed by atoms with Crippen LogP contribution in [0.3, 0.4) is 0 Å². The molecule has 200 valence electrons. The highest BCUT2D eigenvalue weighted by Gasteiger charge is 2.39. The maximum absolute atomic E-state index is 13.9. The number of nitrogens with one attached hydrogen (secondary N) is 1. The lowest BCUT2D eigenvalue weighted by Crippen LogP contribution is -2.29. The summed E-state index contributed by atoms with van der Waals surface area (Å²) >= 11 is 2.61. The zero-order valence-corrected chi connectivity index (χ0v) is 23.3. The van der Waals surface area contributed by atoms with E-state index in [0.29, 0.717) is 50.7 Å². The van der Waals surface area contributed by atoms with E-state index >= 15 is 0 Å². The normalized spacial score (nSPS) is 17.8. The molecule has 2 heterocycles. The highest BCUT2D eigenvalue weighted by Crippen LogP contribution is 2.47. The van der Waals surface area contributed by atoms with E-state index in [1.807, 2.05) is 53.6 Å². The van der Waals surface area contributed by atoms with Gasteiger partial charge in [-0.3, -0.25) is 19.8 Å². The number of nitro benzene ring substituents is 1. The SMILES string of the molecule is CCNc1ccc(C#N)cc1N=C1S/C(=C2\SC=C(c3ccccc3[N+](=O)[O-])N2C)C(=O)N1Cc1ccccc1. The molecule has 0 radical (unpaired) electrons. The molecule has 0 unspecified atom stereocenters. The van der Waals surface area contributed by atoms with Crippen molar-refractivity contribution in [2.45, 2.75) is 13.5 Å². The third kappa shape index (κ3) is 5.32. The first-order valence-electron chi connectivity index (χ1n) is 12.4. The van der Waals surface area contributed by atoms with E-state index in [9.17, 15) is 20.2 Å². The minimum absolute atomic E-state index is 0.000801. The number of nitrogens with zero attached hydrogens (tertiary/aromatic N) is 5. The summed E-state index contributed by atoms with van der Waals surface area (Å²) in [6, 6.07) is 23.6. The van der Waals surface area contributed by atoms with Crippen molar-refractivity contribution < 1.29 is 9.72 Å². The number of aliphatic imine (C=N–C) groups is 1. The van der Waals surface area contributed by atoms with Crippen LogP contribution in [-0.2, 0) is 11.3 Å². The summed E-state index contributed by atoms with van der Waals surface area (Å²) in [7, 11) is 1.80. The Bertz CT molecular complexity index is 1630. The van der Waals surface area contributed by atoms with Gasteiger partial charge < -0.3 is 10.2 Å². The summed E-state index contributed by atoms with van der Waals surface area (Å²) in [4.78, 5) is 34.0. The van der Waals surface area contributed by atoms with Gasteiger partial charge in [-0.25, -0.2) is 4.99 Å². The Morgan fingerprint density at radius 2 is 1.85 bits per heavy atom. The van der Waals surface area contributed by atoms with Crippen LogP contribution in [0, 0.1) is 21.4 Å². The van der Waals surface area contributed by atoms with Crippen molar-refractivity contribution in [3.8, 4) is 6.07 Å². The van der Waals surface area contributed by atoms with Gasteiger partial charge in [0.05, 0.1) is 50.8 Å². The number of thioether (sulfide) groups is 2. The summed E-state index contributed by atoms with van der Waals surface area (Å²) in [5.41, 5.74) is 3.85. The molecule has 1 fully saturated rings. The van der Waals surface area contributed by atoms with Gasteiger partial charge in [-0.15, -0.1) is 0 Å². The zero-order valence-electron chi connectivity index (χ0n) is 21.7. The lowest BCUT2D eigenvalue weighted by Gasteiger charge is -2.19. The van der Waals surface area contributed by atoms with Crippen LogP contribution in [0.4, 0.5) is 17.1 Å². The fourth-order valence-electron chi connectivity index (χ4n) is 4.34. The first-order valence-corrected chi connectivity index (χ1v) is 14.1. The van der Waals surface area contributed by atoms with Crippen molar-refractivity contribution >= 4 is 57.4 Å². The highest BCUT2D eigenvalue weighted by atomic mass is 32.2. The number of rotatable bonds is 7. The number of para-hydroxylation sites is 1. The standard InChI is InChI=1S/C29H24N6O3S2/c1-3-31-22-14-13-20(16-30)15-23(22)32-29-34(17-19-9-5-4-6-10-19)27(36)26(40-29)28-33(2)25(18-39-28)21-11-7-8-12-24(21)35(37)38/h4-15,18,31H,3,17H2,1-2H3/b28-26-,32-29?. The Kier molecular flexibility index (Phi) is 7.91. The first-order chi connectivity index (χ1) is 19.4. The number of nitriles is 1. The number of amidine groups is 1. The summed E-state index contributed by atoms with van der Waals surface area (Å²) in [5.74, 6) is -0.208. The molecule has 0 atom stereocenters. The molecule has 2 aliphatic heterocycles. The second-order valence-electron chi connectivity index (χ2n) is 8.84. The molecule has 1 saturated heterocycles. The predicted molar refractivity (Wildman–Crippen MR) is 160 cm³/mol. The van der Waals surface area contributed by atoms with E-state index in [1.54, 1.807) is 42.3 Å². The van der Waals surface area contributed by atoms with Crippen molar-refractivity contribution in [1.29, 1.82) is 5.26 Å². The summed E-state index contributed by atoms with van der Waals surface area (Å²) < 4.78 is 0. The van der Waals surface area contributed by atoms with Crippen molar-refractivity contribution in [1.82, 2.24) is 9.80 Å². The molecule has 0 aromatic heterocycles. The van der Waals surface area contributed by atoms with Crippen LogP contribution in [0.2, 0.25) is 0 Å². The van der Waals surface area contributed by atoms with Crippen LogP contribution < -0.4 is 5.32 Å². The first kappa shape index (κ1) is 27.1. The summed E-state index contributed by atoms with van der Waals surface area (Å²) in [5, 5.41) is 27.4. The topological polar surface area (TPSA) is 115 Å². The quantitative estimate of drug-likeness (QED) is 0.195. The predicted octanol–water partition coefficient (Wildman–Crippen LogP) is 6.51. The number of hydrogen-bond acceptors (Lipinski definition) is 9. The van der Waals surface area contributed by atoms with E-state index in [4.69, 9.17) is 4.99 Å². The average molecular weight is 569 g/mol. The molecule has 3 aromatic rings.